The summed E-state index contributed by atoms with van der Waals surface area (Å²) in [7, 11) is 0. The van der Waals surface area contributed by atoms with Gasteiger partial charge in [-0.05, 0) is 0 Å². The van der Waals surface area contributed by atoms with Crippen LogP contribution in [0.1, 0.15) is 41.5 Å². The number of carboxylic acid groups (broad SMARTS) is 6. The third kappa shape index (κ3) is 28300. The van der Waals surface area contributed by atoms with Crippen LogP contribution in [0, 0.1) is 0 Å². The van der Waals surface area contributed by atoms with E-state index < -0.39 is 41.9 Å². The van der Waals surface area contributed by atoms with Crippen molar-refractivity contribution in [3.8, 4) is 0 Å². The molecule has 15 nitrogen and oxygen atoms in total. The highest BCUT2D eigenvalue weighted by atomic mass is 16.4. The first-order valence-electron chi connectivity index (χ1n) is 7.27. The normalized spacial score (nSPS) is 7.00. The predicted molar refractivity (Wildman–Crippen MR) is 100 cm³/mol. The highest BCUT2D eigenvalue weighted by Crippen LogP contribution is 1.71. The van der Waals surface area contributed by atoms with Crippen molar-refractivity contribution < 1.29 is 74.7 Å². The number of hydrogen-bond acceptors (Lipinski definition) is 9. The molecule has 0 aliphatic carbocycles. The molecule has 0 saturated heterocycles. The second-order valence-electron chi connectivity index (χ2n) is 4.13. The summed E-state index contributed by atoms with van der Waals surface area (Å²) in [5.74, 6) is -5.00. The maximum absolute atomic E-state index is 9.00. The highest BCUT2D eigenvalue weighted by molar-refractivity contribution is 5.64. The number of hydrogen-bond donors (Lipinski definition) is 9. The number of aliphatic hydroxyl groups is 3. The van der Waals surface area contributed by atoms with Gasteiger partial charge in [0.2, 0.25) is 0 Å². The molecule has 0 aromatic heterocycles. The fourth-order valence-corrected chi connectivity index (χ4v) is 0.0577. The van der Waals surface area contributed by atoms with Crippen LogP contribution in [0.5, 0.6) is 0 Å². The Morgan fingerprint density at radius 3 is 0.533 bits per heavy atom. The van der Waals surface area contributed by atoms with Gasteiger partial charge in [0.05, 0.1) is 13.2 Å². The highest BCUT2D eigenvalue weighted by Gasteiger charge is 1.93. The lowest BCUT2D eigenvalue weighted by Gasteiger charge is -1.96. The van der Waals surface area contributed by atoms with Crippen LogP contribution in [0.25, 0.3) is 0 Å². The van der Waals surface area contributed by atoms with E-state index in [1.807, 2.05) is 0 Å². The van der Waals surface area contributed by atoms with Crippen molar-refractivity contribution in [3.05, 3.63) is 0 Å². The summed E-state index contributed by atoms with van der Waals surface area (Å²) in [6, 6.07) is 0. The van der Waals surface area contributed by atoms with Gasteiger partial charge < -0.3 is 46.0 Å². The SMILES string of the molecule is CC(=O)O.CC(=O)O.CC(=O)O.CC(=O)O.CC(=O)O.CC(=O)O.OCC(O)CO. The van der Waals surface area contributed by atoms with Crippen LogP contribution in [-0.2, 0) is 28.8 Å². The van der Waals surface area contributed by atoms with Crippen molar-refractivity contribution in [3.63, 3.8) is 0 Å². The summed E-state index contributed by atoms with van der Waals surface area (Å²) in [4.78, 5) is 54.0. The zero-order chi connectivity index (χ0) is 26.5. The minimum absolute atomic E-state index is 0.365. The van der Waals surface area contributed by atoms with Gasteiger partial charge in [-0.2, -0.15) is 0 Å². The van der Waals surface area contributed by atoms with Crippen molar-refractivity contribution >= 4 is 35.8 Å². The Labute approximate surface area is 172 Å². The molecule has 15 heteroatoms. The number of carbonyl (C=O) groups is 6. The Kier molecular flexibility index (Phi) is 61.2. The number of aliphatic carboxylic acids is 6. The van der Waals surface area contributed by atoms with Crippen LogP contribution >= 0.6 is 0 Å². The smallest absolute Gasteiger partial charge is 0.300 e. The van der Waals surface area contributed by atoms with Crippen LogP contribution in [0.15, 0.2) is 0 Å². The van der Waals surface area contributed by atoms with Gasteiger partial charge in [0, 0.05) is 41.5 Å². The molecule has 0 spiro atoms. The van der Waals surface area contributed by atoms with Gasteiger partial charge >= 0.3 is 0 Å². The van der Waals surface area contributed by atoms with Crippen molar-refractivity contribution in [2.75, 3.05) is 13.2 Å². The zero-order valence-corrected chi connectivity index (χ0v) is 17.5. The average Bonchev–Trinajstić information content (AvgIpc) is 2.42. The van der Waals surface area contributed by atoms with Gasteiger partial charge in [0.15, 0.2) is 0 Å². The molecule has 182 valence electrons. The van der Waals surface area contributed by atoms with E-state index in [1.54, 1.807) is 0 Å². The second kappa shape index (κ2) is 40.4. The van der Waals surface area contributed by atoms with Gasteiger partial charge in [0.25, 0.3) is 35.8 Å². The van der Waals surface area contributed by atoms with Gasteiger partial charge in [-0.25, -0.2) is 0 Å². The molecule has 0 saturated carbocycles. The molecule has 0 bridgehead atoms. The Hall–Kier alpha value is -3.30. The van der Waals surface area contributed by atoms with Crippen molar-refractivity contribution in [2.45, 2.75) is 47.6 Å². The standard InChI is InChI=1S/C3H8O3.6C2H4O2/c4-1-3(6)2-5;6*1-2(3)4/h3-6H,1-2H2;6*1H3,(H,3,4). The van der Waals surface area contributed by atoms with Crippen molar-refractivity contribution in [1.82, 2.24) is 0 Å². The van der Waals surface area contributed by atoms with Gasteiger partial charge in [-0.15, -0.1) is 0 Å². The number of rotatable bonds is 2. The fourth-order valence-electron chi connectivity index (χ4n) is 0.0577. The van der Waals surface area contributed by atoms with E-state index in [0.717, 1.165) is 41.5 Å². The summed E-state index contributed by atoms with van der Waals surface area (Å²) in [5, 5.41) is 68.5. The van der Waals surface area contributed by atoms with Crippen molar-refractivity contribution in [2.24, 2.45) is 0 Å². The summed E-state index contributed by atoms with van der Waals surface area (Å²) < 4.78 is 0. The molecular weight excluding hydrogens is 420 g/mol. The quantitative estimate of drug-likeness (QED) is 0.240. The lowest BCUT2D eigenvalue weighted by Crippen LogP contribution is -2.15. The van der Waals surface area contributed by atoms with E-state index in [4.69, 9.17) is 74.7 Å². The van der Waals surface area contributed by atoms with E-state index >= 15 is 0 Å². The number of aliphatic hydroxyl groups excluding tert-OH is 3. The first kappa shape index (κ1) is 45.4. The maximum atomic E-state index is 9.00. The van der Waals surface area contributed by atoms with Crippen LogP contribution in [0.3, 0.4) is 0 Å². The summed E-state index contributed by atoms with van der Waals surface area (Å²) in [6.45, 7) is 5.77. The Balaban J connectivity index is -0.0000000414. The van der Waals surface area contributed by atoms with Crippen LogP contribution < -0.4 is 0 Å². The molecule has 0 aliphatic heterocycles. The Morgan fingerprint density at radius 2 is 0.533 bits per heavy atom. The lowest BCUT2D eigenvalue weighted by molar-refractivity contribution is -0.135. The van der Waals surface area contributed by atoms with Crippen molar-refractivity contribution in [1.29, 1.82) is 0 Å². The molecule has 0 aromatic rings. The summed E-state index contributed by atoms with van der Waals surface area (Å²) in [6.07, 6.45) is -0.954. The van der Waals surface area contributed by atoms with Gasteiger partial charge in [-0.1, -0.05) is 0 Å². The third-order valence-electron chi connectivity index (χ3n) is 0.421. The molecule has 0 atom stereocenters. The van der Waals surface area contributed by atoms with E-state index in [-0.39, 0.29) is 13.2 Å². The molecule has 0 radical (unpaired) electrons. The van der Waals surface area contributed by atoms with Crippen LogP contribution in [0.2, 0.25) is 0 Å². The van der Waals surface area contributed by atoms with Crippen LogP contribution in [-0.4, -0.2) is 101 Å². The Bertz CT molecular complexity index is 324. The summed E-state index contributed by atoms with van der Waals surface area (Å²) >= 11 is 0. The lowest BCUT2D eigenvalue weighted by atomic mass is 10.4. The fraction of sp³-hybridized carbons (Fsp3) is 0.600. The molecule has 9 N–H and O–H groups in total. The van der Waals surface area contributed by atoms with E-state index in [2.05, 4.69) is 0 Å². The van der Waals surface area contributed by atoms with E-state index in [1.165, 1.54) is 0 Å². The molecule has 0 unspecified atom stereocenters. The van der Waals surface area contributed by atoms with Crippen LogP contribution in [0.4, 0.5) is 0 Å². The topological polar surface area (TPSA) is 284 Å². The molecule has 0 rings (SSSR count). The second-order valence-corrected chi connectivity index (χ2v) is 4.13. The van der Waals surface area contributed by atoms with Gasteiger partial charge in [-0.3, -0.25) is 28.8 Å². The monoisotopic (exact) mass is 452 g/mol. The Morgan fingerprint density at radius 1 is 0.467 bits per heavy atom. The third-order valence-corrected chi connectivity index (χ3v) is 0.421. The van der Waals surface area contributed by atoms with E-state index in [0.29, 0.717) is 0 Å². The largest absolute Gasteiger partial charge is 0.481 e. The first-order chi connectivity index (χ1) is 13.2. The molecular formula is C15H32O15. The molecule has 0 aliphatic rings. The summed E-state index contributed by atoms with van der Waals surface area (Å²) in [5.41, 5.74) is 0. The maximum Gasteiger partial charge on any atom is 0.300 e. The molecule has 0 heterocycles. The molecule has 0 aromatic carbocycles. The van der Waals surface area contributed by atoms with Gasteiger partial charge in [0.1, 0.15) is 6.10 Å². The molecule has 0 amide bonds. The minimum Gasteiger partial charge on any atom is -0.481 e. The average molecular weight is 452 g/mol. The first-order valence-corrected chi connectivity index (χ1v) is 7.27. The molecule has 0 fully saturated rings. The zero-order valence-electron chi connectivity index (χ0n) is 17.5. The predicted octanol–water partition coefficient (Wildman–Crippen LogP) is -1.12. The number of carboxylic acids is 6. The minimum atomic E-state index is -0.954. The molecule has 30 heavy (non-hydrogen) atoms. The van der Waals surface area contributed by atoms with E-state index in [9.17, 15) is 0 Å².